The highest BCUT2D eigenvalue weighted by atomic mass is 19.1. The van der Waals surface area contributed by atoms with Crippen molar-refractivity contribution in [3.63, 3.8) is 0 Å². The zero-order valence-corrected chi connectivity index (χ0v) is 8.13. The molecule has 14 heavy (non-hydrogen) atoms. The zero-order chi connectivity index (χ0) is 10.4. The van der Waals surface area contributed by atoms with Gasteiger partial charge in [-0.05, 0) is 25.1 Å². The van der Waals surface area contributed by atoms with Crippen LogP contribution in [-0.4, -0.2) is 20.3 Å². The minimum atomic E-state index is -0.415. The molecule has 0 saturated heterocycles. The molecule has 0 heterocycles. The number of methoxy groups -OCH3 is 1. The van der Waals surface area contributed by atoms with Crippen molar-refractivity contribution in [2.45, 2.75) is 6.42 Å². The average molecular weight is 199 g/mol. The number of benzene rings is 1. The van der Waals surface area contributed by atoms with Crippen LogP contribution in [0.1, 0.15) is 6.42 Å². The smallest absolute Gasteiger partial charge is 0.168 e. The molecule has 1 aromatic carbocycles. The van der Waals surface area contributed by atoms with E-state index in [9.17, 15) is 4.39 Å². The molecule has 0 spiro atoms. The number of nitrogens with two attached hydrogens (primary N) is 1. The molecule has 78 valence electrons. The van der Waals surface area contributed by atoms with Crippen molar-refractivity contribution in [2.24, 2.45) is 5.73 Å². The van der Waals surface area contributed by atoms with Gasteiger partial charge in [-0.15, -0.1) is 0 Å². The fraction of sp³-hybridized carbons (Fsp3) is 0.400. The van der Waals surface area contributed by atoms with E-state index in [0.29, 0.717) is 25.3 Å². The van der Waals surface area contributed by atoms with Gasteiger partial charge >= 0.3 is 0 Å². The summed E-state index contributed by atoms with van der Waals surface area (Å²) in [6.45, 7) is 0.970. The van der Waals surface area contributed by atoms with Gasteiger partial charge in [0, 0.05) is 6.07 Å². The molecule has 0 unspecified atom stereocenters. The first-order chi connectivity index (χ1) is 6.77. The third-order valence-electron chi connectivity index (χ3n) is 1.75. The lowest BCUT2D eigenvalue weighted by atomic mass is 10.3. The Morgan fingerprint density at radius 1 is 1.43 bits per heavy atom. The van der Waals surface area contributed by atoms with Crippen LogP contribution < -0.4 is 15.2 Å². The summed E-state index contributed by atoms with van der Waals surface area (Å²) in [7, 11) is 1.49. The van der Waals surface area contributed by atoms with Gasteiger partial charge in [0.1, 0.15) is 5.75 Å². The van der Waals surface area contributed by atoms with Crippen LogP contribution in [0.3, 0.4) is 0 Å². The molecule has 0 aliphatic heterocycles. The number of rotatable bonds is 5. The quantitative estimate of drug-likeness (QED) is 0.732. The summed E-state index contributed by atoms with van der Waals surface area (Å²) in [5.41, 5.74) is 5.28. The summed E-state index contributed by atoms with van der Waals surface area (Å²) >= 11 is 0. The first kappa shape index (κ1) is 10.8. The second-order valence-electron chi connectivity index (χ2n) is 2.79. The molecule has 0 radical (unpaired) electrons. The van der Waals surface area contributed by atoms with Crippen LogP contribution in [0.25, 0.3) is 0 Å². The molecule has 4 heteroatoms. The van der Waals surface area contributed by atoms with Gasteiger partial charge in [-0.25, -0.2) is 4.39 Å². The van der Waals surface area contributed by atoms with Gasteiger partial charge in [-0.1, -0.05) is 0 Å². The number of halogens is 1. The molecule has 0 bridgehead atoms. The highest BCUT2D eigenvalue weighted by Crippen LogP contribution is 2.22. The number of hydrogen-bond acceptors (Lipinski definition) is 3. The van der Waals surface area contributed by atoms with Gasteiger partial charge in [0.15, 0.2) is 11.6 Å². The van der Waals surface area contributed by atoms with E-state index in [0.717, 1.165) is 0 Å². The summed E-state index contributed by atoms with van der Waals surface area (Å²) in [5, 5.41) is 0. The molecule has 1 rings (SSSR count). The van der Waals surface area contributed by atoms with E-state index < -0.39 is 5.82 Å². The number of hydrogen-bond donors (Lipinski definition) is 1. The van der Waals surface area contributed by atoms with Crippen molar-refractivity contribution in [3.05, 3.63) is 24.0 Å². The second-order valence-corrected chi connectivity index (χ2v) is 2.79. The Hall–Kier alpha value is -1.29. The Kier molecular flexibility index (Phi) is 4.19. The fourth-order valence-electron chi connectivity index (χ4n) is 0.991. The van der Waals surface area contributed by atoms with Crippen LogP contribution in [0.15, 0.2) is 18.2 Å². The summed E-state index contributed by atoms with van der Waals surface area (Å²) in [6.07, 6.45) is 0.714. The third kappa shape index (κ3) is 2.88. The van der Waals surface area contributed by atoms with E-state index in [1.807, 2.05) is 0 Å². The fourth-order valence-corrected chi connectivity index (χ4v) is 0.991. The van der Waals surface area contributed by atoms with Gasteiger partial charge in [-0.2, -0.15) is 0 Å². The Morgan fingerprint density at radius 2 is 2.21 bits per heavy atom. The Morgan fingerprint density at radius 3 is 2.79 bits per heavy atom. The minimum Gasteiger partial charge on any atom is -0.497 e. The van der Waals surface area contributed by atoms with Crippen molar-refractivity contribution < 1.29 is 13.9 Å². The van der Waals surface area contributed by atoms with Crippen molar-refractivity contribution in [2.75, 3.05) is 20.3 Å². The van der Waals surface area contributed by atoms with Crippen molar-refractivity contribution in [1.29, 1.82) is 0 Å². The predicted octanol–water partition coefficient (Wildman–Crippen LogP) is 1.56. The molecule has 0 aromatic heterocycles. The molecule has 0 aliphatic carbocycles. The molecule has 1 aromatic rings. The topological polar surface area (TPSA) is 44.5 Å². The second kappa shape index (κ2) is 5.44. The van der Waals surface area contributed by atoms with E-state index in [1.165, 1.54) is 13.2 Å². The van der Waals surface area contributed by atoms with Crippen molar-refractivity contribution >= 4 is 0 Å². The van der Waals surface area contributed by atoms with Crippen molar-refractivity contribution in [1.82, 2.24) is 0 Å². The average Bonchev–Trinajstić information content (AvgIpc) is 2.20. The monoisotopic (exact) mass is 199 g/mol. The highest BCUT2D eigenvalue weighted by molar-refractivity contribution is 5.32. The van der Waals surface area contributed by atoms with Crippen LogP contribution in [0.5, 0.6) is 11.5 Å². The maximum atomic E-state index is 13.2. The Balaban J connectivity index is 2.59. The molecular formula is C10H14FNO2. The lowest BCUT2D eigenvalue weighted by Crippen LogP contribution is -2.06. The van der Waals surface area contributed by atoms with E-state index in [1.54, 1.807) is 12.1 Å². The van der Waals surface area contributed by atoms with Gasteiger partial charge in [0.25, 0.3) is 0 Å². The van der Waals surface area contributed by atoms with Gasteiger partial charge in [-0.3, -0.25) is 0 Å². The normalized spacial score (nSPS) is 9.93. The van der Waals surface area contributed by atoms with E-state index in [4.69, 9.17) is 15.2 Å². The van der Waals surface area contributed by atoms with Crippen LogP contribution in [-0.2, 0) is 0 Å². The van der Waals surface area contributed by atoms with Crippen LogP contribution in [0, 0.1) is 5.82 Å². The molecule has 0 atom stereocenters. The SMILES string of the molecule is COc1ccc(OCCCN)c(F)c1. The van der Waals surface area contributed by atoms with E-state index in [-0.39, 0.29) is 5.75 Å². The lowest BCUT2D eigenvalue weighted by molar-refractivity contribution is 0.296. The predicted molar refractivity (Wildman–Crippen MR) is 52.1 cm³/mol. The summed E-state index contributed by atoms with van der Waals surface area (Å²) in [6, 6.07) is 4.49. The number of ether oxygens (including phenoxy) is 2. The molecule has 0 fully saturated rings. The maximum Gasteiger partial charge on any atom is 0.168 e. The lowest BCUT2D eigenvalue weighted by Gasteiger charge is -2.07. The van der Waals surface area contributed by atoms with Crippen molar-refractivity contribution in [3.8, 4) is 11.5 Å². The molecule has 0 saturated carbocycles. The zero-order valence-electron chi connectivity index (χ0n) is 8.13. The first-order valence-corrected chi connectivity index (χ1v) is 4.44. The molecular weight excluding hydrogens is 185 g/mol. The maximum absolute atomic E-state index is 13.2. The van der Waals surface area contributed by atoms with Crippen LogP contribution in [0.4, 0.5) is 4.39 Å². The highest BCUT2D eigenvalue weighted by Gasteiger charge is 2.04. The van der Waals surface area contributed by atoms with Gasteiger partial charge < -0.3 is 15.2 Å². The Labute approximate surface area is 82.6 Å². The van der Waals surface area contributed by atoms with Gasteiger partial charge in [0.05, 0.1) is 13.7 Å². The molecule has 0 aliphatic rings. The standard InChI is InChI=1S/C10H14FNO2/c1-13-8-3-4-10(9(11)7-8)14-6-2-5-12/h3-4,7H,2,5-6,12H2,1H3. The van der Waals surface area contributed by atoms with Crippen LogP contribution >= 0.6 is 0 Å². The summed E-state index contributed by atoms with van der Waals surface area (Å²) < 4.78 is 23.3. The summed E-state index contributed by atoms with van der Waals surface area (Å²) in [4.78, 5) is 0. The summed E-state index contributed by atoms with van der Waals surface area (Å²) in [5.74, 6) is 0.300. The largest absolute Gasteiger partial charge is 0.497 e. The van der Waals surface area contributed by atoms with E-state index >= 15 is 0 Å². The minimum absolute atomic E-state index is 0.235. The Bertz CT molecular complexity index is 291. The van der Waals surface area contributed by atoms with E-state index in [2.05, 4.69) is 0 Å². The van der Waals surface area contributed by atoms with Crippen LogP contribution in [0.2, 0.25) is 0 Å². The molecule has 0 amide bonds. The first-order valence-electron chi connectivity index (χ1n) is 4.44. The molecule has 3 nitrogen and oxygen atoms in total. The third-order valence-corrected chi connectivity index (χ3v) is 1.75. The van der Waals surface area contributed by atoms with Gasteiger partial charge in [0.2, 0.25) is 0 Å². The molecule has 2 N–H and O–H groups in total.